The fraction of sp³-hybridized carbons (Fsp3) is 0.538. The fourth-order valence-electron chi connectivity index (χ4n) is 2.30. The Morgan fingerprint density at radius 1 is 1.06 bits per heavy atom. The van der Waals surface area contributed by atoms with Gasteiger partial charge in [0.15, 0.2) is 11.6 Å². The summed E-state index contributed by atoms with van der Waals surface area (Å²) in [5, 5.41) is 0. The Bertz CT molecular complexity index is 426. The van der Waals surface area contributed by atoms with Gasteiger partial charge in [0.2, 0.25) is 0 Å². The van der Waals surface area contributed by atoms with Crippen LogP contribution in [0.15, 0.2) is 12.1 Å². The maximum absolute atomic E-state index is 13.3. The summed E-state index contributed by atoms with van der Waals surface area (Å²) < 4.78 is 26.3. The van der Waals surface area contributed by atoms with Crippen LogP contribution in [0.1, 0.15) is 13.8 Å². The van der Waals surface area contributed by atoms with Crippen molar-refractivity contribution in [3.63, 3.8) is 0 Å². The molecule has 0 atom stereocenters. The summed E-state index contributed by atoms with van der Waals surface area (Å²) in [6.45, 7) is 7.70. The molecule has 0 bridgehead atoms. The maximum Gasteiger partial charge on any atom is 0.161 e. The first-order valence-electron chi connectivity index (χ1n) is 6.22. The van der Waals surface area contributed by atoms with Gasteiger partial charge in [0, 0.05) is 44.4 Å². The summed E-state index contributed by atoms with van der Waals surface area (Å²) in [4.78, 5) is 4.36. The first kappa shape index (κ1) is 13.1. The number of nitrogen functional groups attached to an aromatic ring is 1. The summed E-state index contributed by atoms with van der Waals surface area (Å²) >= 11 is 0. The van der Waals surface area contributed by atoms with Crippen LogP contribution in [0.25, 0.3) is 0 Å². The molecule has 1 fully saturated rings. The van der Waals surface area contributed by atoms with Gasteiger partial charge in [-0.05, 0) is 13.8 Å². The molecule has 0 aromatic heterocycles. The number of piperazine rings is 1. The number of rotatable bonds is 2. The highest BCUT2D eigenvalue weighted by atomic mass is 19.2. The fourth-order valence-corrected chi connectivity index (χ4v) is 2.30. The summed E-state index contributed by atoms with van der Waals surface area (Å²) in [6, 6.07) is 2.75. The van der Waals surface area contributed by atoms with E-state index in [1.165, 1.54) is 6.07 Å². The topological polar surface area (TPSA) is 32.5 Å². The van der Waals surface area contributed by atoms with Crippen LogP contribution in [0.3, 0.4) is 0 Å². The average Bonchev–Trinajstić information content (AvgIpc) is 2.34. The van der Waals surface area contributed by atoms with Gasteiger partial charge in [-0.3, -0.25) is 4.90 Å². The lowest BCUT2D eigenvalue weighted by Crippen LogP contribution is -2.49. The highest BCUT2D eigenvalue weighted by molar-refractivity contribution is 5.67. The van der Waals surface area contributed by atoms with Crippen molar-refractivity contribution in [2.45, 2.75) is 19.9 Å². The third-order valence-electron chi connectivity index (χ3n) is 3.45. The lowest BCUT2D eigenvalue weighted by Gasteiger charge is -2.38. The Morgan fingerprint density at radius 2 is 1.61 bits per heavy atom. The van der Waals surface area contributed by atoms with E-state index in [2.05, 4.69) is 18.7 Å². The molecule has 100 valence electrons. The molecule has 1 aliphatic heterocycles. The van der Waals surface area contributed by atoms with Crippen LogP contribution in [0.4, 0.5) is 20.2 Å². The Kier molecular flexibility index (Phi) is 3.71. The minimum atomic E-state index is -0.892. The van der Waals surface area contributed by atoms with Crippen LogP contribution in [-0.4, -0.2) is 37.1 Å². The van der Waals surface area contributed by atoms with Crippen molar-refractivity contribution in [2.24, 2.45) is 0 Å². The van der Waals surface area contributed by atoms with Gasteiger partial charge in [0.25, 0.3) is 0 Å². The van der Waals surface area contributed by atoms with Gasteiger partial charge in [-0.15, -0.1) is 0 Å². The van der Waals surface area contributed by atoms with Crippen molar-refractivity contribution in [3.05, 3.63) is 23.8 Å². The molecule has 1 aliphatic rings. The molecular weight excluding hydrogens is 236 g/mol. The van der Waals surface area contributed by atoms with E-state index in [1.54, 1.807) is 0 Å². The molecule has 18 heavy (non-hydrogen) atoms. The first-order chi connectivity index (χ1) is 8.49. The zero-order valence-electron chi connectivity index (χ0n) is 10.8. The van der Waals surface area contributed by atoms with Crippen molar-refractivity contribution in [1.29, 1.82) is 0 Å². The van der Waals surface area contributed by atoms with Crippen molar-refractivity contribution in [2.75, 3.05) is 36.8 Å². The summed E-state index contributed by atoms with van der Waals surface area (Å²) in [5.41, 5.74) is 6.65. The van der Waals surface area contributed by atoms with Crippen LogP contribution >= 0.6 is 0 Å². The summed E-state index contributed by atoms with van der Waals surface area (Å²) in [5.74, 6) is -1.73. The molecule has 1 aromatic carbocycles. The van der Waals surface area contributed by atoms with Crippen molar-refractivity contribution in [1.82, 2.24) is 4.90 Å². The number of hydrogen-bond acceptors (Lipinski definition) is 3. The molecule has 0 unspecified atom stereocenters. The zero-order chi connectivity index (χ0) is 13.3. The summed E-state index contributed by atoms with van der Waals surface area (Å²) in [7, 11) is 0. The molecule has 1 heterocycles. The lowest BCUT2D eigenvalue weighted by molar-refractivity contribution is 0.209. The van der Waals surface area contributed by atoms with E-state index in [1.807, 2.05) is 4.90 Å². The second-order valence-electron chi connectivity index (χ2n) is 4.94. The van der Waals surface area contributed by atoms with E-state index in [-0.39, 0.29) is 0 Å². The average molecular weight is 255 g/mol. The van der Waals surface area contributed by atoms with Crippen molar-refractivity contribution in [3.8, 4) is 0 Å². The SMILES string of the molecule is CC(C)N1CCN(c2cc(F)c(F)cc2N)CC1. The van der Waals surface area contributed by atoms with E-state index in [4.69, 9.17) is 5.73 Å². The zero-order valence-corrected chi connectivity index (χ0v) is 10.8. The monoisotopic (exact) mass is 255 g/mol. The van der Waals surface area contributed by atoms with E-state index in [0.717, 1.165) is 32.2 Å². The highest BCUT2D eigenvalue weighted by Gasteiger charge is 2.21. The van der Waals surface area contributed by atoms with Gasteiger partial charge in [-0.25, -0.2) is 8.78 Å². The Hall–Kier alpha value is -1.36. The second-order valence-corrected chi connectivity index (χ2v) is 4.94. The Balaban J connectivity index is 2.12. The standard InChI is InChI=1S/C13H19F2N3/c1-9(2)17-3-5-18(6-4-17)13-8-11(15)10(14)7-12(13)16/h7-9H,3-6,16H2,1-2H3. The van der Waals surface area contributed by atoms with E-state index >= 15 is 0 Å². The first-order valence-corrected chi connectivity index (χ1v) is 6.22. The number of nitrogens with two attached hydrogens (primary N) is 1. The maximum atomic E-state index is 13.3. The molecule has 2 rings (SSSR count). The quantitative estimate of drug-likeness (QED) is 0.821. The number of halogens is 2. The van der Waals surface area contributed by atoms with Gasteiger partial charge in [0.1, 0.15) is 0 Å². The largest absolute Gasteiger partial charge is 0.397 e. The third-order valence-corrected chi connectivity index (χ3v) is 3.45. The van der Waals surface area contributed by atoms with E-state index in [9.17, 15) is 8.78 Å². The Morgan fingerprint density at radius 3 is 2.17 bits per heavy atom. The predicted octanol–water partition coefficient (Wildman–Crippen LogP) is 2.08. The number of benzene rings is 1. The van der Waals surface area contributed by atoms with Gasteiger partial charge in [-0.1, -0.05) is 0 Å². The van der Waals surface area contributed by atoms with Crippen molar-refractivity contribution >= 4 is 11.4 Å². The smallest absolute Gasteiger partial charge is 0.161 e. The normalized spacial score (nSPS) is 17.5. The molecule has 2 N–H and O–H groups in total. The molecule has 5 heteroatoms. The molecule has 0 amide bonds. The molecule has 0 saturated carbocycles. The van der Waals surface area contributed by atoms with E-state index in [0.29, 0.717) is 17.4 Å². The minimum Gasteiger partial charge on any atom is -0.397 e. The summed E-state index contributed by atoms with van der Waals surface area (Å²) in [6.07, 6.45) is 0. The van der Waals surface area contributed by atoms with Crippen LogP contribution in [0.2, 0.25) is 0 Å². The molecule has 0 spiro atoms. The number of hydrogen-bond donors (Lipinski definition) is 1. The Labute approximate surface area is 106 Å². The van der Waals surface area contributed by atoms with Gasteiger partial charge in [-0.2, -0.15) is 0 Å². The number of nitrogens with zero attached hydrogens (tertiary/aromatic N) is 2. The molecule has 0 aliphatic carbocycles. The van der Waals surface area contributed by atoms with Crippen LogP contribution < -0.4 is 10.6 Å². The van der Waals surface area contributed by atoms with Crippen LogP contribution in [0, 0.1) is 11.6 Å². The van der Waals surface area contributed by atoms with Gasteiger partial charge < -0.3 is 10.6 Å². The lowest BCUT2D eigenvalue weighted by atomic mass is 10.2. The highest BCUT2D eigenvalue weighted by Crippen LogP contribution is 2.27. The molecule has 1 saturated heterocycles. The van der Waals surface area contributed by atoms with Crippen molar-refractivity contribution < 1.29 is 8.78 Å². The second kappa shape index (κ2) is 5.10. The third kappa shape index (κ3) is 2.56. The molecule has 0 radical (unpaired) electrons. The van der Waals surface area contributed by atoms with Gasteiger partial charge in [0.05, 0.1) is 11.4 Å². The van der Waals surface area contributed by atoms with Crippen LogP contribution in [-0.2, 0) is 0 Å². The molecule has 3 nitrogen and oxygen atoms in total. The molecule has 1 aromatic rings. The van der Waals surface area contributed by atoms with Gasteiger partial charge >= 0.3 is 0 Å². The molecular formula is C13H19F2N3. The number of anilines is 2. The van der Waals surface area contributed by atoms with E-state index < -0.39 is 11.6 Å². The van der Waals surface area contributed by atoms with Crippen LogP contribution in [0.5, 0.6) is 0 Å². The predicted molar refractivity (Wildman–Crippen MR) is 69.7 cm³/mol. The minimum absolute atomic E-state index is 0.298.